The van der Waals surface area contributed by atoms with Crippen LogP contribution in [-0.2, 0) is 0 Å². The van der Waals surface area contributed by atoms with Crippen LogP contribution in [0.15, 0.2) is 15.8 Å². The Morgan fingerprint density at radius 1 is 1.35 bits per heavy atom. The van der Waals surface area contributed by atoms with Crippen LogP contribution >= 0.6 is 32.1 Å². The van der Waals surface area contributed by atoms with Crippen molar-refractivity contribution in [1.29, 1.82) is 0 Å². The Bertz CT molecular complexity index is 342. The van der Waals surface area contributed by atoms with Gasteiger partial charge in [0.1, 0.15) is 4.61 Å². The van der Waals surface area contributed by atoms with Gasteiger partial charge in [0, 0.05) is 11.6 Å². The lowest BCUT2D eigenvalue weighted by Gasteiger charge is -2.34. The summed E-state index contributed by atoms with van der Waals surface area (Å²) in [5.74, 6) is 0.821. The van der Waals surface area contributed by atoms with E-state index in [4.69, 9.17) is 0 Å². The van der Waals surface area contributed by atoms with Gasteiger partial charge in [-0.2, -0.15) is 0 Å². The molecule has 0 spiro atoms. The van der Waals surface area contributed by atoms with Crippen LogP contribution in [0.2, 0.25) is 0 Å². The van der Waals surface area contributed by atoms with Crippen molar-refractivity contribution in [2.45, 2.75) is 46.6 Å². The number of hydrogen-bond acceptors (Lipinski definition) is 4. The van der Waals surface area contributed by atoms with Crippen LogP contribution in [0.25, 0.3) is 0 Å². The second-order valence-corrected chi connectivity index (χ2v) is 7.62. The molecule has 0 radical (unpaired) electrons. The van der Waals surface area contributed by atoms with E-state index in [1.807, 2.05) is 6.08 Å². The zero-order valence-electron chi connectivity index (χ0n) is 10.9. The van der Waals surface area contributed by atoms with Crippen molar-refractivity contribution < 1.29 is 0 Å². The smallest absolute Gasteiger partial charge is 0.152 e. The van der Waals surface area contributed by atoms with Gasteiger partial charge in [0.25, 0.3) is 0 Å². The molecule has 1 aliphatic heterocycles. The second kappa shape index (κ2) is 5.18. The number of halogens is 2. The first-order valence-electron chi connectivity index (χ1n) is 5.54. The Morgan fingerprint density at radius 2 is 1.94 bits per heavy atom. The average molecular weight is 368 g/mol. The second-order valence-electron chi connectivity index (χ2n) is 6.10. The van der Waals surface area contributed by atoms with Crippen LogP contribution in [-0.4, -0.2) is 15.5 Å². The molecule has 0 atom stereocenters. The molecule has 0 fully saturated rings. The molecule has 0 saturated heterocycles. The van der Waals surface area contributed by atoms with Gasteiger partial charge < -0.3 is 5.32 Å². The lowest BCUT2D eigenvalue weighted by Crippen LogP contribution is -2.47. The van der Waals surface area contributed by atoms with Gasteiger partial charge in [0.15, 0.2) is 5.84 Å². The number of amidine groups is 1. The molecule has 0 aliphatic carbocycles. The molecule has 0 bridgehead atoms. The molecule has 0 saturated carbocycles. The normalized spacial score (nSPS) is 17.2. The zero-order valence-corrected chi connectivity index (χ0v) is 14.1. The molecule has 2 N–H and O–H groups in total. The third-order valence-electron chi connectivity index (χ3n) is 2.10. The highest BCUT2D eigenvalue weighted by Crippen LogP contribution is 2.27. The van der Waals surface area contributed by atoms with Gasteiger partial charge in [-0.1, -0.05) is 20.8 Å². The number of hydrazone groups is 1. The highest BCUT2D eigenvalue weighted by Gasteiger charge is 2.26. The number of hydrazine groups is 1. The number of hydrogen-bond donors (Lipinski definition) is 2. The highest BCUT2D eigenvalue weighted by molar-refractivity contribution is 9.11. The highest BCUT2D eigenvalue weighted by atomic mass is 79.9. The van der Waals surface area contributed by atoms with Crippen LogP contribution in [0.5, 0.6) is 0 Å². The fourth-order valence-corrected chi connectivity index (χ4v) is 3.15. The van der Waals surface area contributed by atoms with Crippen molar-refractivity contribution in [3.8, 4) is 0 Å². The minimum absolute atomic E-state index is 0.00789. The summed E-state index contributed by atoms with van der Waals surface area (Å²) < 4.78 is 2.35. The predicted molar refractivity (Wildman–Crippen MR) is 79.6 cm³/mol. The first-order chi connectivity index (χ1) is 7.57. The molecule has 1 rings (SSSR count). The molecule has 6 heteroatoms. The van der Waals surface area contributed by atoms with Gasteiger partial charge in [0.2, 0.25) is 0 Å². The van der Waals surface area contributed by atoms with E-state index in [0.717, 1.165) is 16.9 Å². The fraction of sp³-hybridized carbons (Fsp3) is 0.727. The molecule has 1 heterocycles. The van der Waals surface area contributed by atoms with Crippen molar-refractivity contribution in [2.75, 3.05) is 0 Å². The van der Waals surface area contributed by atoms with Gasteiger partial charge in [-0.3, -0.25) is 5.43 Å². The van der Waals surface area contributed by atoms with Crippen LogP contribution in [0, 0.1) is 5.41 Å². The quantitative estimate of drug-likeness (QED) is 0.579. The molecular formula is C11H20Br2N4. The molecule has 98 valence electrons. The predicted octanol–water partition coefficient (Wildman–Crippen LogP) is 3.47. The maximum Gasteiger partial charge on any atom is 0.152 e. The molecule has 0 aromatic carbocycles. The Hall–Kier alpha value is -0.230. The molecular weight excluding hydrogens is 348 g/mol. The summed E-state index contributed by atoms with van der Waals surface area (Å²) in [5, 5.41) is 7.73. The van der Waals surface area contributed by atoms with E-state index < -0.39 is 0 Å². The van der Waals surface area contributed by atoms with E-state index in [-0.39, 0.29) is 11.0 Å². The van der Waals surface area contributed by atoms with Crippen LogP contribution in [0.4, 0.5) is 0 Å². The minimum Gasteiger partial charge on any atom is -0.364 e. The molecule has 0 amide bonds. The van der Waals surface area contributed by atoms with Crippen LogP contribution in [0.1, 0.15) is 41.0 Å². The van der Waals surface area contributed by atoms with Gasteiger partial charge >= 0.3 is 0 Å². The summed E-state index contributed by atoms with van der Waals surface area (Å²) in [5.41, 5.74) is 3.21. The van der Waals surface area contributed by atoms with E-state index >= 15 is 0 Å². The zero-order chi connectivity index (χ0) is 13.3. The maximum atomic E-state index is 4.29. The van der Waals surface area contributed by atoms with E-state index in [2.05, 4.69) is 82.5 Å². The first kappa shape index (κ1) is 14.8. The first-order valence-corrected chi connectivity index (χ1v) is 7.04. The van der Waals surface area contributed by atoms with Crippen molar-refractivity contribution >= 4 is 37.9 Å². The van der Waals surface area contributed by atoms with Gasteiger partial charge in [-0.05, 0) is 41.6 Å². The Labute approximate surface area is 120 Å². The summed E-state index contributed by atoms with van der Waals surface area (Å²) in [6.07, 6.45) is 2.97. The molecule has 1 aliphatic rings. The average Bonchev–Trinajstić information content (AvgIpc) is 1.93. The standard InChI is InChI=1S/C11H20Br2N4/c1-10(2,3)7-11(4,5)14-9-6-8(12)15-17(13)16-9/h6,15H,7H2,1-5H3,(H,14,16). The topological polar surface area (TPSA) is 39.7 Å². The summed E-state index contributed by atoms with van der Waals surface area (Å²) in [7, 11) is 0. The molecule has 0 unspecified atom stereocenters. The van der Waals surface area contributed by atoms with Gasteiger partial charge in [-0.25, -0.2) is 0 Å². The summed E-state index contributed by atoms with van der Waals surface area (Å²) in [6.45, 7) is 11.1. The van der Waals surface area contributed by atoms with Gasteiger partial charge in [-0.15, -0.1) is 9.25 Å². The fourth-order valence-electron chi connectivity index (χ4n) is 2.17. The minimum atomic E-state index is -0.00789. The van der Waals surface area contributed by atoms with Crippen molar-refractivity contribution in [2.24, 2.45) is 10.5 Å². The molecule has 17 heavy (non-hydrogen) atoms. The van der Waals surface area contributed by atoms with Crippen LogP contribution < -0.4 is 10.7 Å². The number of rotatable bonds is 2. The third kappa shape index (κ3) is 5.77. The summed E-state index contributed by atoms with van der Waals surface area (Å²) >= 11 is 6.66. The largest absolute Gasteiger partial charge is 0.364 e. The molecule has 0 aromatic heterocycles. The van der Waals surface area contributed by atoms with E-state index in [1.54, 1.807) is 0 Å². The summed E-state index contributed by atoms with van der Waals surface area (Å²) in [6, 6.07) is 0. The van der Waals surface area contributed by atoms with Crippen molar-refractivity contribution in [3.63, 3.8) is 0 Å². The monoisotopic (exact) mass is 366 g/mol. The van der Waals surface area contributed by atoms with Crippen molar-refractivity contribution in [3.05, 3.63) is 10.7 Å². The van der Waals surface area contributed by atoms with E-state index in [0.29, 0.717) is 0 Å². The number of nitrogens with zero attached hydrogens (tertiary/aromatic N) is 2. The molecule has 4 nitrogen and oxygen atoms in total. The van der Waals surface area contributed by atoms with E-state index in [1.165, 1.54) is 4.14 Å². The summed E-state index contributed by atoms with van der Waals surface area (Å²) in [4.78, 5) is 0. The lowest BCUT2D eigenvalue weighted by molar-refractivity contribution is 0.266. The maximum absolute atomic E-state index is 4.29. The Balaban J connectivity index is 2.71. The third-order valence-corrected chi connectivity index (χ3v) is 2.84. The SMILES string of the molecule is CC(C)(C)CC(C)(C)NC1=NN(Br)NC(Br)=C1. The lowest BCUT2D eigenvalue weighted by atomic mass is 9.82. The Kier molecular flexibility index (Phi) is 4.52. The molecule has 0 aromatic rings. The van der Waals surface area contributed by atoms with E-state index in [9.17, 15) is 0 Å². The van der Waals surface area contributed by atoms with Gasteiger partial charge in [0.05, 0.1) is 16.1 Å². The van der Waals surface area contributed by atoms with Crippen LogP contribution in [0.3, 0.4) is 0 Å². The number of nitrogens with one attached hydrogen (secondary N) is 2. The Morgan fingerprint density at radius 3 is 2.41 bits per heavy atom. The van der Waals surface area contributed by atoms with Crippen molar-refractivity contribution in [1.82, 2.24) is 14.9 Å².